The average Bonchev–Trinajstić information content (AvgIpc) is 2.46. The van der Waals surface area contributed by atoms with Crippen LogP contribution in [0.25, 0.3) is 0 Å². The lowest BCUT2D eigenvalue weighted by Crippen LogP contribution is -2.36. The first kappa shape index (κ1) is 16.6. The highest BCUT2D eigenvalue weighted by Crippen LogP contribution is 2.26. The van der Waals surface area contributed by atoms with Crippen molar-refractivity contribution in [3.05, 3.63) is 22.8 Å². The summed E-state index contributed by atoms with van der Waals surface area (Å²) in [6.07, 6.45) is 6.59. The van der Waals surface area contributed by atoms with Gasteiger partial charge in [0.2, 0.25) is 0 Å². The molecule has 0 unspecified atom stereocenters. The summed E-state index contributed by atoms with van der Waals surface area (Å²) in [5.74, 6) is 1.04. The summed E-state index contributed by atoms with van der Waals surface area (Å²) in [4.78, 5) is 7.11. The van der Waals surface area contributed by atoms with E-state index in [2.05, 4.69) is 38.0 Å². The van der Waals surface area contributed by atoms with Crippen LogP contribution in [0.15, 0.2) is 12.1 Å². The van der Waals surface area contributed by atoms with E-state index in [4.69, 9.17) is 16.6 Å². The topological polar surface area (TPSA) is 28.2 Å². The van der Waals surface area contributed by atoms with Gasteiger partial charge in [-0.1, -0.05) is 30.9 Å². The number of hydrogen-bond donors (Lipinski definition) is 1. The molecule has 2 rings (SSSR count). The maximum Gasteiger partial charge on any atom is 0.128 e. The van der Waals surface area contributed by atoms with Gasteiger partial charge < -0.3 is 10.2 Å². The molecule has 118 valence electrons. The van der Waals surface area contributed by atoms with E-state index < -0.39 is 0 Å². The largest absolute Gasteiger partial charge is 0.357 e. The first-order chi connectivity index (χ1) is 9.87. The normalized spacial score (nSPS) is 17.0. The van der Waals surface area contributed by atoms with Gasteiger partial charge in [0.25, 0.3) is 0 Å². The molecule has 1 aromatic rings. The Morgan fingerprint density at radius 3 is 2.52 bits per heavy atom. The molecule has 0 spiro atoms. The Morgan fingerprint density at radius 1 is 1.24 bits per heavy atom. The zero-order valence-corrected chi connectivity index (χ0v) is 14.5. The fraction of sp³-hybridized carbons (Fsp3) is 0.706. The van der Waals surface area contributed by atoms with E-state index in [-0.39, 0.29) is 5.54 Å². The van der Waals surface area contributed by atoms with E-state index >= 15 is 0 Å². The van der Waals surface area contributed by atoms with Crippen LogP contribution in [0.5, 0.6) is 0 Å². The number of aromatic nitrogens is 1. The van der Waals surface area contributed by atoms with Gasteiger partial charge in [0.1, 0.15) is 5.82 Å². The first-order valence-corrected chi connectivity index (χ1v) is 8.38. The van der Waals surface area contributed by atoms with Crippen LogP contribution >= 0.6 is 11.6 Å². The van der Waals surface area contributed by atoms with Crippen molar-refractivity contribution in [2.24, 2.45) is 0 Å². The van der Waals surface area contributed by atoms with Gasteiger partial charge in [-0.25, -0.2) is 4.98 Å². The molecule has 4 heteroatoms. The predicted octanol–water partition coefficient (Wildman–Crippen LogP) is 4.39. The van der Waals surface area contributed by atoms with E-state index in [9.17, 15) is 0 Å². The third-order valence-electron chi connectivity index (χ3n) is 4.17. The molecule has 1 saturated carbocycles. The minimum Gasteiger partial charge on any atom is -0.357 e. The van der Waals surface area contributed by atoms with Gasteiger partial charge in [0, 0.05) is 25.2 Å². The van der Waals surface area contributed by atoms with E-state index in [0.29, 0.717) is 12.6 Å². The highest BCUT2D eigenvalue weighted by atomic mass is 35.5. The number of halogens is 1. The maximum absolute atomic E-state index is 6.29. The molecule has 0 saturated heterocycles. The quantitative estimate of drug-likeness (QED) is 0.894. The predicted molar refractivity (Wildman–Crippen MR) is 91.1 cm³/mol. The molecule has 3 nitrogen and oxygen atoms in total. The summed E-state index contributed by atoms with van der Waals surface area (Å²) in [6, 6.07) is 4.64. The Labute approximate surface area is 134 Å². The highest BCUT2D eigenvalue weighted by molar-refractivity contribution is 6.31. The molecule has 1 N–H and O–H groups in total. The molecule has 1 aliphatic carbocycles. The summed E-state index contributed by atoms with van der Waals surface area (Å²) in [7, 11) is 2.16. The Balaban J connectivity index is 2.09. The van der Waals surface area contributed by atoms with Gasteiger partial charge in [-0.05, 0) is 45.7 Å². The molecule has 0 amide bonds. The summed E-state index contributed by atoms with van der Waals surface area (Å²) in [6.45, 7) is 7.16. The summed E-state index contributed by atoms with van der Waals surface area (Å²) < 4.78 is 0. The molecule has 0 aliphatic heterocycles. The maximum atomic E-state index is 6.29. The van der Waals surface area contributed by atoms with Crippen LogP contribution in [0.1, 0.15) is 58.6 Å². The zero-order valence-electron chi connectivity index (χ0n) is 13.7. The first-order valence-electron chi connectivity index (χ1n) is 8.00. The van der Waals surface area contributed by atoms with E-state index in [1.54, 1.807) is 0 Å². The molecule has 1 fully saturated rings. The zero-order chi connectivity index (χ0) is 15.5. The third kappa shape index (κ3) is 4.86. The molecule has 0 bridgehead atoms. The van der Waals surface area contributed by atoms with Crippen molar-refractivity contribution in [2.75, 3.05) is 11.9 Å². The summed E-state index contributed by atoms with van der Waals surface area (Å²) in [5.41, 5.74) is 1.00. The smallest absolute Gasteiger partial charge is 0.128 e. The molecule has 1 aliphatic rings. The second-order valence-electron chi connectivity index (χ2n) is 7.10. The lowest BCUT2D eigenvalue weighted by Gasteiger charge is -2.32. The number of rotatable bonds is 4. The Hall–Kier alpha value is -0.800. The molecule has 1 heterocycles. The van der Waals surface area contributed by atoms with Crippen LogP contribution in [-0.4, -0.2) is 23.6 Å². The molecule has 1 aromatic heterocycles. The Morgan fingerprint density at radius 2 is 1.90 bits per heavy atom. The van der Waals surface area contributed by atoms with Crippen molar-refractivity contribution >= 4 is 17.4 Å². The van der Waals surface area contributed by atoms with Crippen molar-refractivity contribution in [1.82, 2.24) is 10.3 Å². The molecule has 0 radical (unpaired) electrons. The second-order valence-corrected chi connectivity index (χ2v) is 7.51. The molecule has 0 aromatic carbocycles. The SMILES string of the molecule is CN(c1ccc(Cl)c(CNC(C)(C)C)n1)C1CCCCC1. The Kier molecular flexibility index (Phi) is 5.50. The van der Waals surface area contributed by atoms with Crippen LogP contribution in [0.2, 0.25) is 5.02 Å². The molecule has 21 heavy (non-hydrogen) atoms. The average molecular weight is 310 g/mol. The van der Waals surface area contributed by atoms with E-state index in [1.807, 2.05) is 12.1 Å². The standard InChI is InChI=1S/C17H28ClN3/c1-17(2,3)19-12-15-14(18)10-11-16(20-15)21(4)13-8-6-5-7-9-13/h10-11,13,19H,5-9,12H2,1-4H3. The van der Waals surface area contributed by atoms with Crippen molar-refractivity contribution in [1.29, 1.82) is 0 Å². The molecular weight excluding hydrogens is 282 g/mol. The second kappa shape index (κ2) is 6.97. The van der Waals surface area contributed by atoms with Gasteiger partial charge in [-0.15, -0.1) is 0 Å². The third-order valence-corrected chi connectivity index (χ3v) is 4.52. The molecular formula is C17H28ClN3. The van der Waals surface area contributed by atoms with Crippen LogP contribution in [0.3, 0.4) is 0 Å². The monoisotopic (exact) mass is 309 g/mol. The van der Waals surface area contributed by atoms with Crippen molar-refractivity contribution in [3.63, 3.8) is 0 Å². The number of nitrogens with zero attached hydrogens (tertiary/aromatic N) is 2. The molecule has 0 atom stereocenters. The highest BCUT2D eigenvalue weighted by Gasteiger charge is 2.20. The summed E-state index contributed by atoms with van der Waals surface area (Å²) >= 11 is 6.29. The van der Waals surface area contributed by atoms with E-state index in [0.717, 1.165) is 16.5 Å². The van der Waals surface area contributed by atoms with Gasteiger partial charge in [0.15, 0.2) is 0 Å². The lowest BCUT2D eigenvalue weighted by molar-refractivity contribution is 0.418. The van der Waals surface area contributed by atoms with Crippen molar-refractivity contribution < 1.29 is 0 Å². The minimum absolute atomic E-state index is 0.0658. The number of pyridine rings is 1. The fourth-order valence-electron chi connectivity index (χ4n) is 2.80. The number of hydrogen-bond acceptors (Lipinski definition) is 3. The number of nitrogens with one attached hydrogen (secondary N) is 1. The van der Waals surface area contributed by atoms with Crippen LogP contribution < -0.4 is 10.2 Å². The summed E-state index contributed by atoms with van der Waals surface area (Å²) in [5, 5.41) is 4.20. The van der Waals surface area contributed by atoms with Gasteiger partial charge in [-0.3, -0.25) is 0 Å². The van der Waals surface area contributed by atoms with Gasteiger partial charge >= 0.3 is 0 Å². The van der Waals surface area contributed by atoms with Crippen LogP contribution in [0, 0.1) is 0 Å². The fourth-order valence-corrected chi connectivity index (χ4v) is 2.97. The van der Waals surface area contributed by atoms with Gasteiger partial charge in [-0.2, -0.15) is 0 Å². The van der Waals surface area contributed by atoms with Gasteiger partial charge in [0.05, 0.1) is 10.7 Å². The Bertz CT molecular complexity index is 462. The van der Waals surface area contributed by atoms with E-state index in [1.165, 1.54) is 32.1 Å². The van der Waals surface area contributed by atoms with Crippen LogP contribution in [0.4, 0.5) is 5.82 Å². The minimum atomic E-state index is 0.0658. The number of anilines is 1. The van der Waals surface area contributed by atoms with Crippen molar-refractivity contribution in [3.8, 4) is 0 Å². The van der Waals surface area contributed by atoms with Crippen LogP contribution in [-0.2, 0) is 6.54 Å². The van der Waals surface area contributed by atoms with Crippen molar-refractivity contribution in [2.45, 2.75) is 71.0 Å². The lowest BCUT2D eigenvalue weighted by atomic mass is 9.94.